The van der Waals surface area contributed by atoms with Crippen molar-refractivity contribution in [1.29, 1.82) is 0 Å². The molecule has 0 atom stereocenters. The van der Waals surface area contributed by atoms with Crippen LogP contribution in [0.4, 0.5) is 5.69 Å². The van der Waals surface area contributed by atoms with Gasteiger partial charge >= 0.3 is 5.97 Å². The number of aryl methyl sites for hydroxylation is 1. The molecule has 1 aromatic rings. The first-order valence-electron chi connectivity index (χ1n) is 6.17. The predicted octanol–water partition coefficient (Wildman–Crippen LogP) is 2.31. The lowest BCUT2D eigenvalue weighted by Crippen LogP contribution is -2.22. The summed E-state index contributed by atoms with van der Waals surface area (Å²) in [5.41, 5.74) is 2.41. The number of benzene rings is 1. The topological polar surface area (TPSA) is 49.8 Å². The van der Waals surface area contributed by atoms with Crippen molar-refractivity contribution in [2.75, 3.05) is 31.7 Å². The number of carboxylic acids is 1. The van der Waals surface area contributed by atoms with Crippen LogP contribution in [0.5, 0.6) is 0 Å². The van der Waals surface area contributed by atoms with Gasteiger partial charge in [0.1, 0.15) is 0 Å². The maximum atomic E-state index is 10.3. The van der Waals surface area contributed by atoms with Gasteiger partial charge in [-0.15, -0.1) is 0 Å². The Balaban J connectivity index is 2.15. The molecule has 0 amide bonds. The highest BCUT2D eigenvalue weighted by atomic mass is 16.5. The minimum atomic E-state index is -0.768. The number of hydrogen-bond donors (Lipinski definition) is 1. The number of carboxylic acid groups (broad SMARTS) is 1. The van der Waals surface area contributed by atoms with E-state index in [0.717, 1.165) is 12.2 Å². The van der Waals surface area contributed by atoms with E-state index in [2.05, 4.69) is 36.1 Å². The molecule has 100 valence electrons. The number of likely N-dealkylation sites (N-methyl/N-ethyl adjacent to an activating group) is 1. The van der Waals surface area contributed by atoms with Crippen LogP contribution in [0.25, 0.3) is 0 Å². The van der Waals surface area contributed by atoms with Crippen molar-refractivity contribution in [3.63, 3.8) is 0 Å². The monoisotopic (exact) mass is 251 g/mol. The van der Waals surface area contributed by atoms with Crippen LogP contribution in [-0.2, 0) is 9.53 Å². The summed E-state index contributed by atoms with van der Waals surface area (Å²) < 4.78 is 5.39. The van der Waals surface area contributed by atoms with E-state index >= 15 is 0 Å². The minimum absolute atomic E-state index is 0.174. The molecule has 0 aromatic heterocycles. The van der Waals surface area contributed by atoms with Gasteiger partial charge in [0.15, 0.2) is 0 Å². The van der Waals surface area contributed by atoms with Gasteiger partial charge in [-0.3, -0.25) is 4.79 Å². The highest BCUT2D eigenvalue weighted by Crippen LogP contribution is 2.12. The van der Waals surface area contributed by atoms with Gasteiger partial charge in [-0.05, 0) is 25.5 Å². The molecule has 0 spiro atoms. The fraction of sp³-hybridized carbons (Fsp3) is 0.500. The molecule has 1 aromatic carbocycles. The number of hydrogen-bond acceptors (Lipinski definition) is 3. The molecule has 0 saturated carbocycles. The van der Waals surface area contributed by atoms with Crippen LogP contribution in [0.2, 0.25) is 0 Å². The van der Waals surface area contributed by atoms with Gasteiger partial charge in [-0.25, -0.2) is 0 Å². The molecule has 1 rings (SSSR count). The highest BCUT2D eigenvalue weighted by molar-refractivity contribution is 5.66. The van der Waals surface area contributed by atoms with Crippen molar-refractivity contribution in [3.05, 3.63) is 29.8 Å². The average Bonchev–Trinajstić information content (AvgIpc) is 2.34. The zero-order chi connectivity index (χ0) is 13.4. The van der Waals surface area contributed by atoms with Gasteiger partial charge in [0.05, 0.1) is 6.61 Å². The van der Waals surface area contributed by atoms with Crippen molar-refractivity contribution >= 4 is 11.7 Å². The molecule has 0 fully saturated rings. The molecular weight excluding hydrogens is 230 g/mol. The van der Waals surface area contributed by atoms with Crippen LogP contribution < -0.4 is 4.90 Å². The predicted molar refractivity (Wildman–Crippen MR) is 72.1 cm³/mol. The van der Waals surface area contributed by atoms with Gasteiger partial charge in [0.2, 0.25) is 0 Å². The first kappa shape index (κ1) is 14.5. The summed E-state index contributed by atoms with van der Waals surface area (Å²) in [4.78, 5) is 12.4. The third kappa shape index (κ3) is 5.68. The van der Waals surface area contributed by atoms with Crippen molar-refractivity contribution in [1.82, 2.24) is 0 Å². The van der Waals surface area contributed by atoms with E-state index in [9.17, 15) is 4.79 Å². The number of aliphatic carboxylic acids is 1. The first-order chi connectivity index (χ1) is 8.59. The van der Waals surface area contributed by atoms with Crippen LogP contribution in [0.15, 0.2) is 24.3 Å². The molecule has 1 N–H and O–H groups in total. The summed E-state index contributed by atoms with van der Waals surface area (Å²) in [5, 5.41) is 8.47. The Morgan fingerprint density at radius 1 is 1.28 bits per heavy atom. The lowest BCUT2D eigenvalue weighted by atomic mass is 10.2. The van der Waals surface area contributed by atoms with Gasteiger partial charge in [0.25, 0.3) is 0 Å². The molecule has 0 saturated heterocycles. The molecule has 4 heteroatoms. The zero-order valence-electron chi connectivity index (χ0n) is 11.1. The molecule has 4 nitrogen and oxygen atoms in total. The summed E-state index contributed by atoms with van der Waals surface area (Å²) >= 11 is 0. The summed E-state index contributed by atoms with van der Waals surface area (Å²) in [6.45, 7) is 3.99. The summed E-state index contributed by atoms with van der Waals surface area (Å²) in [6.07, 6.45) is 0.747. The molecular formula is C14H21NO3. The Labute approximate surface area is 108 Å². The third-order valence-electron chi connectivity index (χ3n) is 2.73. The van der Waals surface area contributed by atoms with Crippen LogP contribution in [0.3, 0.4) is 0 Å². The molecule has 0 heterocycles. The van der Waals surface area contributed by atoms with Crippen molar-refractivity contribution in [2.45, 2.75) is 19.8 Å². The number of anilines is 1. The van der Waals surface area contributed by atoms with Gasteiger partial charge in [-0.2, -0.15) is 0 Å². The SMILES string of the molecule is Cc1ccc(N(C)CCOCCCC(=O)O)cc1. The second-order valence-electron chi connectivity index (χ2n) is 4.37. The van der Waals surface area contributed by atoms with E-state index < -0.39 is 5.97 Å². The standard InChI is InChI=1S/C14H21NO3/c1-12-5-7-13(8-6-12)15(2)9-11-18-10-3-4-14(16)17/h5-8H,3-4,9-11H2,1-2H3,(H,16,17). The Kier molecular flexibility index (Phi) is 6.22. The van der Waals surface area contributed by atoms with Crippen LogP contribution >= 0.6 is 0 Å². The fourth-order valence-electron chi connectivity index (χ4n) is 1.56. The lowest BCUT2D eigenvalue weighted by molar-refractivity contribution is -0.137. The Hall–Kier alpha value is -1.55. The normalized spacial score (nSPS) is 10.3. The number of carbonyl (C=O) groups is 1. The minimum Gasteiger partial charge on any atom is -0.481 e. The molecule has 0 aliphatic heterocycles. The zero-order valence-corrected chi connectivity index (χ0v) is 11.1. The lowest BCUT2D eigenvalue weighted by Gasteiger charge is -2.19. The number of nitrogens with zero attached hydrogens (tertiary/aromatic N) is 1. The Morgan fingerprint density at radius 3 is 2.56 bits per heavy atom. The summed E-state index contributed by atoms with van der Waals surface area (Å²) in [5.74, 6) is -0.768. The van der Waals surface area contributed by atoms with E-state index in [1.807, 2.05) is 7.05 Å². The summed E-state index contributed by atoms with van der Waals surface area (Å²) in [7, 11) is 2.02. The number of ether oxygens (including phenoxy) is 1. The summed E-state index contributed by atoms with van der Waals surface area (Å²) in [6, 6.07) is 8.33. The molecule has 18 heavy (non-hydrogen) atoms. The van der Waals surface area contributed by atoms with Crippen molar-refractivity contribution in [2.24, 2.45) is 0 Å². The maximum Gasteiger partial charge on any atom is 0.303 e. The van der Waals surface area contributed by atoms with E-state index in [0.29, 0.717) is 19.6 Å². The average molecular weight is 251 g/mol. The van der Waals surface area contributed by atoms with Gasteiger partial charge in [0, 0.05) is 32.3 Å². The van der Waals surface area contributed by atoms with Crippen molar-refractivity contribution in [3.8, 4) is 0 Å². The Bertz CT molecular complexity index is 362. The molecule has 0 unspecified atom stereocenters. The molecule has 0 aliphatic rings. The van der Waals surface area contributed by atoms with E-state index in [1.54, 1.807) is 0 Å². The van der Waals surface area contributed by atoms with Crippen LogP contribution in [-0.4, -0.2) is 37.9 Å². The van der Waals surface area contributed by atoms with Gasteiger partial charge in [-0.1, -0.05) is 17.7 Å². The Morgan fingerprint density at radius 2 is 1.94 bits per heavy atom. The van der Waals surface area contributed by atoms with Crippen molar-refractivity contribution < 1.29 is 14.6 Å². The number of rotatable bonds is 8. The molecule has 0 bridgehead atoms. The third-order valence-corrected chi connectivity index (χ3v) is 2.73. The van der Waals surface area contributed by atoms with Crippen LogP contribution in [0.1, 0.15) is 18.4 Å². The van der Waals surface area contributed by atoms with Crippen LogP contribution in [0, 0.1) is 6.92 Å². The highest BCUT2D eigenvalue weighted by Gasteiger charge is 2.00. The second kappa shape index (κ2) is 7.71. The largest absolute Gasteiger partial charge is 0.481 e. The van der Waals surface area contributed by atoms with Gasteiger partial charge < -0.3 is 14.7 Å². The first-order valence-corrected chi connectivity index (χ1v) is 6.17. The smallest absolute Gasteiger partial charge is 0.303 e. The van der Waals surface area contributed by atoms with E-state index in [1.165, 1.54) is 5.56 Å². The quantitative estimate of drug-likeness (QED) is 0.720. The van der Waals surface area contributed by atoms with E-state index in [-0.39, 0.29) is 6.42 Å². The molecule has 0 radical (unpaired) electrons. The fourth-order valence-corrected chi connectivity index (χ4v) is 1.56. The maximum absolute atomic E-state index is 10.3. The van der Waals surface area contributed by atoms with E-state index in [4.69, 9.17) is 9.84 Å². The molecule has 0 aliphatic carbocycles. The second-order valence-corrected chi connectivity index (χ2v) is 4.37.